The van der Waals surface area contributed by atoms with Gasteiger partial charge in [-0.1, -0.05) is 0 Å². The van der Waals surface area contributed by atoms with E-state index in [-0.39, 0.29) is 11.9 Å². The van der Waals surface area contributed by atoms with Crippen LogP contribution in [0.15, 0.2) is 0 Å². The van der Waals surface area contributed by atoms with Gasteiger partial charge in [0.1, 0.15) is 6.10 Å². The fraction of sp³-hybridized carbons (Fsp3) is 1.00. The molecule has 5 unspecified atom stereocenters. The van der Waals surface area contributed by atoms with Gasteiger partial charge in [-0.3, -0.25) is 0 Å². The topological polar surface area (TPSA) is 31.0 Å². The molecule has 3 nitrogen and oxygen atoms in total. The van der Waals surface area contributed by atoms with E-state index in [4.69, 9.17) is 14.2 Å². The van der Waals surface area contributed by atoms with Gasteiger partial charge < -0.3 is 14.2 Å². The first-order valence-corrected chi connectivity index (χ1v) is 3.87. The standard InChI is InChI=1S/C7H8O3/c1-3-2-7-5(8-3)4(1)9-6(7)10-7/h3-6H,1-2H2. The third kappa shape index (κ3) is 0.290. The normalized spacial score (nSPS) is 74.4. The molecule has 0 amide bonds. The minimum Gasteiger partial charge on any atom is -0.369 e. The van der Waals surface area contributed by atoms with E-state index < -0.39 is 0 Å². The van der Waals surface area contributed by atoms with Crippen molar-refractivity contribution in [1.82, 2.24) is 0 Å². The van der Waals surface area contributed by atoms with Crippen LogP contribution in [0.25, 0.3) is 0 Å². The average Bonchev–Trinajstić information content (AvgIpc) is 2.23. The quantitative estimate of drug-likeness (QED) is 0.445. The number of ether oxygens (including phenoxy) is 3. The molecule has 4 aliphatic rings. The molecule has 1 spiro atoms. The highest BCUT2D eigenvalue weighted by Crippen LogP contribution is 2.62. The smallest absolute Gasteiger partial charge is 0.190 e. The summed E-state index contributed by atoms with van der Waals surface area (Å²) in [7, 11) is 0. The van der Waals surface area contributed by atoms with E-state index in [1.807, 2.05) is 0 Å². The molecule has 0 saturated carbocycles. The highest BCUT2D eigenvalue weighted by atomic mass is 16.8. The number of hydrogen-bond donors (Lipinski definition) is 0. The van der Waals surface area contributed by atoms with Crippen LogP contribution in [0, 0.1) is 0 Å². The summed E-state index contributed by atoms with van der Waals surface area (Å²) in [6.07, 6.45) is 3.41. The highest BCUT2D eigenvalue weighted by molar-refractivity contribution is 5.21. The summed E-state index contributed by atoms with van der Waals surface area (Å²) in [6.45, 7) is 0. The zero-order valence-electron chi connectivity index (χ0n) is 5.45. The Labute approximate surface area is 58.2 Å². The first-order valence-electron chi connectivity index (χ1n) is 3.87. The Balaban J connectivity index is 1.94. The first-order chi connectivity index (χ1) is 4.88. The van der Waals surface area contributed by atoms with Crippen LogP contribution >= 0.6 is 0 Å². The van der Waals surface area contributed by atoms with E-state index in [9.17, 15) is 0 Å². The maximum absolute atomic E-state index is 5.65. The van der Waals surface area contributed by atoms with Gasteiger partial charge in [-0.15, -0.1) is 0 Å². The lowest BCUT2D eigenvalue weighted by molar-refractivity contribution is -0.0464. The van der Waals surface area contributed by atoms with Crippen LogP contribution in [0.4, 0.5) is 0 Å². The maximum atomic E-state index is 5.65. The number of epoxide rings is 1. The van der Waals surface area contributed by atoms with Gasteiger partial charge in [-0.2, -0.15) is 0 Å². The van der Waals surface area contributed by atoms with Crippen molar-refractivity contribution in [3.63, 3.8) is 0 Å². The zero-order valence-corrected chi connectivity index (χ0v) is 5.45. The molecule has 0 N–H and O–H groups in total. The largest absolute Gasteiger partial charge is 0.369 e. The SMILES string of the molecule is C1C2CC34OC3OC1C4O2. The van der Waals surface area contributed by atoms with Gasteiger partial charge in [0.2, 0.25) is 0 Å². The van der Waals surface area contributed by atoms with Gasteiger partial charge in [0.05, 0.1) is 12.2 Å². The van der Waals surface area contributed by atoms with Crippen molar-refractivity contribution in [2.75, 3.05) is 0 Å². The fourth-order valence-corrected chi connectivity index (χ4v) is 2.71. The summed E-state index contributed by atoms with van der Waals surface area (Å²) in [5.41, 5.74) is 0.0492. The lowest BCUT2D eigenvalue weighted by atomic mass is 9.89. The Bertz CT molecular complexity index is 217. The van der Waals surface area contributed by atoms with Crippen LogP contribution < -0.4 is 0 Å². The summed E-state index contributed by atoms with van der Waals surface area (Å²) in [5, 5.41) is 0. The summed E-state index contributed by atoms with van der Waals surface area (Å²) < 4.78 is 16.6. The fourth-order valence-electron chi connectivity index (χ4n) is 2.71. The summed E-state index contributed by atoms with van der Waals surface area (Å²) in [6, 6.07) is 0. The van der Waals surface area contributed by atoms with Crippen molar-refractivity contribution in [3.05, 3.63) is 0 Å². The van der Waals surface area contributed by atoms with Crippen LogP contribution in [0.2, 0.25) is 0 Å². The van der Waals surface area contributed by atoms with E-state index in [1.165, 1.54) is 0 Å². The Kier molecular flexibility index (Phi) is 0.495. The highest BCUT2D eigenvalue weighted by Gasteiger charge is 2.78. The van der Waals surface area contributed by atoms with E-state index in [0.29, 0.717) is 18.3 Å². The average molecular weight is 140 g/mol. The Morgan fingerprint density at radius 1 is 1.30 bits per heavy atom. The molecule has 54 valence electrons. The van der Waals surface area contributed by atoms with Crippen molar-refractivity contribution < 1.29 is 14.2 Å². The van der Waals surface area contributed by atoms with Crippen LogP contribution in [-0.2, 0) is 14.2 Å². The molecule has 0 aromatic carbocycles. The second-order valence-corrected chi connectivity index (χ2v) is 3.70. The molecule has 0 aliphatic carbocycles. The lowest BCUT2D eigenvalue weighted by Gasteiger charge is -2.15. The molecule has 4 saturated heterocycles. The van der Waals surface area contributed by atoms with E-state index in [1.54, 1.807) is 0 Å². The molecule has 3 heteroatoms. The van der Waals surface area contributed by atoms with Crippen molar-refractivity contribution in [2.24, 2.45) is 0 Å². The molecule has 4 heterocycles. The molecule has 5 atom stereocenters. The molecular weight excluding hydrogens is 132 g/mol. The monoisotopic (exact) mass is 140 g/mol. The van der Waals surface area contributed by atoms with E-state index in [2.05, 4.69) is 0 Å². The van der Waals surface area contributed by atoms with Gasteiger partial charge in [-0.05, 0) is 0 Å². The molecule has 4 fully saturated rings. The van der Waals surface area contributed by atoms with Crippen molar-refractivity contribution in [3.8, 4) is 0 Å². The third-order valence-corrected chi connectivity index (χ3v) is 3.17. The predicted molar refractivity (Wildman–Crippen MR) is 30.4 cm³/mol. The van der Waals surface area contributed by atoms with E-state index in [0.717, 1.165) is 12.8 Å². The summed E-state index contributed by atoms with van der Waals surface area (Å²) in [5.74, 6) is 0. The summed E-state index contributed by atoms with van der Waals surface area (Å²) >= 11 is 0. The molecule has 2 bridgehead atoms. The molecule has 0 radical (unpaired) electrons. The number of hydrogen-bond acceptors (Lipinski definition) is 3. The zero-order chi connectivity index (χ0) is 6.34. The molecule has 4 aliphatic heterocycles. The molecular formula is C7H8O3. The Morgan fingerprint density at radius 3 is 3.00 bits per heavy atom. The number of rotatable bonds is 0. The van der Waals surface area contributed by atoms with Gasteiger partial charge in [0.25, 0.3) is 0 Å². The molecule has 0 aromatic rings. The second-order valence-electron chi connectivity index (χ2n) is 3.70. The first kappa shape index (κ1) is 4.70. The van der Waals surface area contributed by atoms with E-state index >= 15 is 0 Å². The van der Waals surface area contributed by atoms with Crippen molar-refractivity contribution in [1.29, 1.82) is 0 Å². The van der Waals surface area contributed by atoms with Crippen LogP contribution in [-0.4, -0.2) is 30.2 Å². The van der Waals surface area contributed by atoms with Gasteiger partial charge in [0.15, 0.2) is 11.9 Å². The second kappa shape index (κ2) is 1.05. The Hall–Kier alpha value is -0.120. The third-order valence-electron chi connectivity index (χ3n) is 3.17. The molecule has 0 aromatic heterocycles. The lowest BCUT2D eigenvalue weighted by Crippen LogP contribution is -2.32. The van der Waals surface area contributed by atoms with Crippen molar-refractivity contribution in [2.45, 2.75) is 43.0 Å². The van der Waals surface area contributed by atoms with Gasteiger partial charge in [0, 0.05) is 12.8 Å². The summed E-state index contributed by atoms with van der Waals surface area (Å²) in [4.78, 5) is 0. The van der Waals surface area contributed by atoms with Crippen LogP contribution in [0.1, 0.15) is 12.8 Å². The van der Waals surface area contributed by atoms with Crippen LogP contribution in [0.5, 0.6) is 0 Å². The maximum Gasteiger partial charge on any atom is 0.190 e. The minimum absolute atomic E-state index is 0.0492. The number of fused-ring (bicyclic) bond motifs is 1. The van der Waals surface area contributed by atoms with Gasteiger partial charge in [-0.25, -0.2) is 0 Å². The Morgan fingerprint density at radius 2 is 2.30 bits per heavy atom. The molecule has 10 heavy (non-hydrogen) atoms. The van der Waals surface area contributed by atoms with Crippen molar-refractivity contribution >= 4 is 0 Å². The van der Waals surface area contributed by atoms with Gasteiger partial charge >= 0.3 is 0 Å². The predicted octanol–water partition coefficient (Wildman–Crippen LogP) is 0.0415. The minimum atomic E-state index is 0.0492. The van der Waals surface area contributed by atoms with Crippen LogP contribution in [0.3, 0.4) is 0 Å². The molecule has 4 rings (SSSR count).